The molecule has 1 fully saturated rings. The first-order valence-electron chi connectivity index (χ1n) is 6.55. The molecule has 2 atom stereocenters. The summed E-state index contributed by atoms with van der Waals surface area (Å²) in [5.41, 5.74) is 1.19. The molecule has 0 aromatic heterocycles. The minimum Gasteiger partial charge on any atom is -0.336 e. The van der Waals surface area contributed by atoms with E-state index in [1.807, 2.05) is 44.3 Å². The topological polar surface area (TPSA) is 53.9 Å². The van der Waals surface area contributed by atoms with Gasteiger partial charge in [-0.3, -0.25) is 9.69 Å². The van der Waals surface area contributed by atoms with Gasteiger partial charge in [0.25, 0.3) is 5.91 Å². The maximum atomic E-state index is 12.2. The quantitative estimate of drug-likeness (QED) is 0.779. The summed E-state index contributed by atoms with van der Waals surface area (Å²) >= 11 is 0. The van der Waals surface area contributed by atoms with Crippen LogP contribution in [0.15, 0.2) is 30.3 Å². The number of nitrogens with one attached hydrogen (secondary N) is 2. The van der Waals surface area contributed by atoms with E-state index in [9.17, 15) is 9.59 Å². The maximum Gasteiger partial charge on any atom is 0.324 e. The molecule has 1 aliphatic rings. The van der Waals surface area contributed by atoms with Crippen molar-refractivity contribution in [3.63, 3.8) is 0 Å². The summed E-state index contributed by atoms with van der Waals surface area (Å²) in [7, 11) is 1.98. The van der Waals surface area contributed by atoms with E-state index in [-0.39, 0.29) is 18.0 Å². The molecule has 19 heavy (non-hydrogen) atoms. The molecule has 0 bridgehead atoms. The molecule has 2 rings (SSSR count). The van der Waals surface area contributed by atoms with Gasteiger partial charge in [0.2, 0.25) is 0 Å². The predicted octanol–water partition coefficient (Wildman–Crippen LogP) is -0.358. The molecular weight excluding hydrogens is 242 g/mol. The van der Waals surface area contributed by atoms with Crippen molar-refractivity contribution in [1.82, 2.24) is 10.2 Å². The summed E-state index contributed by atoms with van der Waals surface area (Å²) in [5, 5.41) is 2.65. The van der Waals surface area contributed by atoms with Gasteiger partial charge in [-0.1, -0.05) is 30.3 Å². The number of likely N-dealkylation sites (N-methyl/N-ethyl adjacent to an activating group) is 1. The first kappa shape index (κ1) is 13.5. The van der Waals surface area contributed by atoms with Crippen molar-refractivity contribution in [2.75, 3.05) is 20.1 Å². The summed E-state index contributed by atoms with van der Waals surface area (Å²) in [6.45, 7) is 3.66. The van der Waals surface area contributed by atoms with Gasteiger partial charge in [0.05, 0.1) is 7.05 Å². The lowest BCUT2D eigenvalue weighted by Crippen LogP contribution is -3.12. The molecule has 0 spiro atoms. The molecule has 0 aliphatic carbocycles. The largest absolute Gasteiger partial charge is 0.336 e. The van der Waals surface area contributed by atoms with Crippen LogP contribution in [0.3, 0.4) is 0 Å². The van der Waals surface area contributed by atoms with Gasteiger partial charge < -0.3 is 10.2 Å². The van der Waals surface area contributed by atoms with E-state index in [0.29, 0.717) is 13.1 Å². The van der Waals surface area contributed by atoms with Crippen LogP contribution in [0, 0.1) is 0 Å². The third-order valence-corrected chi connectivity index (χ3v) is 3.56. The van der Waals surface area contributed by atoms with Crippen LogP contribution in [0.25, 0.3) is 0 Å². The van der Waals surface area contributed by atoms with E-state index in [2.05, 4.69) is 5.32 Å². The molecule has 0 saturated carbocycles. The zero-order chi connectivity index (χ0) is 13.8. The van der Waals surface area contributed by atoms with Crippen molar-refractivity contribution < 1.29 is 14.5 Å². The summed E-state index contributed by atoms with van der Waals surface area (Å²) in [4.78, 5) is 26.1. The van der Waals surface area contributed by atoms with Gasteiger partial charge in [-0.15, -0.1) is 0 Å². The standard InChI is InChI=1S/C14H19N3O2/c1-11(13(18)17-9-8-15-14(17)19)16(2)10-12-6-4-3-5-7-12/h3-7,11H,8-10H2,1-2H3,(H,15,19)/p+1/t11-/m0/s1. The van der Waals surface area contributed by atoms with E-state index in [1.165, 1.54) is 10.5 Å². The maximum absolute atomic E-state index is 12.2. The molecule has 1 heterocycles. The fourth-order valence-corrected chi connectivity index (χ4v) is 2.20. The second kappa shape index (κ2) is 5.84. The van der Waals surface area contributed by atoms with E-state index in [0.717, 1.165) is 11.4 Å². The van der Waals surface area contributed by atoms with Gasteiger partial charge in [-0.2, -0.15) is 0 Å². The van der Waals surface area contributed by atoms with Crippen LogP contribution in [-0.4, -0.2) is 43.0 Å². The molecule has 1 aromatic rings. The number of benzene rings is 1. The SMILES string of the molecule is C[C@@H](C(=O)N1CCNC1=O)[NH+](C)Cc1ccccc1. The Labute approximate surface area is 113 Å². The Morgan fingerprint density at radius 2 is 2.11 bits per heavy atom. The van der Waals surface area contributed by atoms with Crippen LogP contribution >= 0.6 is 0 Å². The van der Waals surface area contributed by atoms with Crippen LogP contribution in [0.2, 0.25) is 0 Å². The van der Waals surface area contributed by atoms with Crippen molar-refractivity contribution >= 4 is 11.9 Å². The van der Waals surface area contributed by atoms with Crippen LogP contribution in [0.1, 0.15) is 12.5 Å². The smallest absolute Gasteiger partial charge is 0.324 e. The zero-order valence-electron chi connectivity index (χ0n) is 11.3. The van der Waals surface area contributed by atoms with Crippen molar-refractivity contribution in [2.24, 2.45) is 0 Å². The summed E-state index contributed by atoms with van der Waals surface area (Å²) in [5.74, 6) is -0.108. The van der Waals surface area contributed by atoms with Crippen LogP contribution < -0.4 is 10.2 Å². The first-order valence-corrected chi connectivity index (χ1v) is 6.55. The summed E-state index contributed by atoms with van der Waals surface area (Å²) in [6, 6.07) is 9.54. The second-order valence-corrected chi connectivity index (χ2v) is 4.95. The Bertz CT molecular complexity index is 461. The van der Waals surface area contributed by atoms with Gasteiger partial charge in [-0.25, -0.2) is 4.79 Å². The van der Waals surface area contributed by atoms with E-state index >= 15 is 0 Å². The zero-order valence-corrected chi connectivity index (χ0v) is 11.3. The lowest BCUT2D eigenvalue weighted by Gasteiger charge is -2.23. The predicted molar refractivity (Wildman–Crippen MR) is 71.6 cm³/mol. The number of hydrogen-bond donors (Lipinski definition) is 2. The number of carbonyl (C=O) groups excluding carboxylic acids is 2. The average Bonchev–Trinajstić information content (AvgIpc) is 2.84. The van der Waals surface area contributed by atoms with Crippen molar-refractivity contribution in [1.29, 1.82) is 0 Å². The highest BCUT2D eigenvalue weighted by atomic mass is 16.2. The van der Waals surface area contributed by atoms with Crippen LogP contribution in [0.5, 0.6) is 0 Å². The lowest BCUT2D eigenvalue weighted by molar-refractivity contribution is -0.908. The number of hydrogen-bond acceptors (Lipinski definition) is 2. The van der Waals surface area contributed by atoms with E-state index in [4.69, 9.17) is 0 Å². The van der Waals surface area contributed by atoms with Gasteiger partial charge in [0.1, 0.15) is 6.54 Å². The van der Waals surface area contributed by atoms with Crippen molar-refractivity contribution in [3.05, 3.63) is 35.9 Å². The fourth-order valence-electron chi connectivity index (χ4n) is 2.20. The third-order valence-electron chi connectivity index (χ3n) is 3.56. The average molecular weight is 262 g/mol. The number of imide groups is 1. The Kier molecular flexibility index (Phi) is 4.16. The Hall–Kier alpha value is -1.88. The number of amides is 3. The molecule has 3 amide bonds. The highest BCUT2D eigenvalue weighted by Crippen LogP contribution is 2.00. The molecule has 2 N–H and O–H groups in total. The molecule has 1 saturated heterocycles. The molecular formula is C14H20N3O2+. The van der Waals surface area contributed by atoms with Gasteiger partial charge in [0, 0.05) is 18.7 Å². The number of carbonyl (C=O) groups is 2. The fraction of sp³-hybridized carbons (Fsp3) is 0.429. The normalized spacial score (nSPS) is 18.0. The van der Waals surface area contributed by atoms with Crippen molar-refractivity contribution in [2.45, 2.75) is 19.5 Å². The van der Waals surface area contributed by atoms with E-state index < -0.39 is 0 Å². The van der Waals surface area contributed by atoms with Gasteiger partial charge in [0.15, 0.2) is 6.04 Å². The number of nitrogens with zero attached hydrogens (tertiary/aromatic N) is 1. The van der Waals surface area contributed by atoms with Crippen LogP contribution in [-0.2, 0) is 11.3 Å². The highest BCUT2D eigenvalue weighted by molar-refractivity contribution is 5.97. The number of rotatable bonds is 4. The Morgan fingerprint density at radius 1 is 1.42 bits per heavy atom. The monoisotopic (exact) mass is 262 g/mol. The number of quaternary nitrogens is 1. The van der Waals surface area contributed by atoms with Crippen molar-refractivity contribution in [3.8, 4) is 0 Å². The molecule has 1 aromatic carbocycles. The second-order valence-electron chi connectivity index (χ2n) is 4.95. The molecule has 1 aliphatic heterocycles. The molecule has 0 radical (unpaired) electrons. The minimum absolute atomic E-state index is 0.108. The Morgan fingerprint density at radius 3 is 2.68 bits per heavy atom. The van der Waals surface area contributed by atoms with Gasteiger partial charge in [-0.05, 0) is 6.92 Å². The highest BCUT2D eigenvalue weighted by Gasteiger charge is 2.33. The Balaban J connectivity index is 1.97. The molecule has 5 heteroatoms. The first-order chi connectivity index (χ1) is 9.09. The van der Waals surface area contributed by atoms with Crippen LogP contribution in [0.4, 0.5) is 4.79 Å². The minimum atomic E-state index is -0.274. The van der Waals surface area contributed by atoms with Gasteiger partial charge >= 0.3 is 6.03 Å². The van der Waals surface area contributed by atoms with E-state index in [1.54, 1.807) is 0 Å². The number of urea groups is 1. The molecule has 1 unspecified atom stereocenters. The lowest BCUT2D eigenvalue weighted by atomic mass is 10.2. The summed E-state index contributed by atoms with van der Waals surface area (Å²) in [6.07, 6.45) is 0. The third kappa shape index (κ3) is 3.12. The molecule has 102 valence electrons. The summed E-state index contributed by atoms with van der Waals surface area (Å²) < 4.78 is 0. The molecule has 5 nitrogen and oxygen atoms in total.